The van der Waals surface area contributed by atoms with Crippen LogP contribution < -0.4 is 5.01 Å². The second-order valence-electron chi connectivity index (χ2n) is 5.13. The van der Waals surface area contributed by atoms with Crippen LogP contribution in [0, 0.1) is 5.41 Å². The highest BCUT2D eigenvalue weighted by molar-refractivity contribution is 6.34. The number of hydrogen-bond donors (Lipinski definition) is 0. The van der Waals surface area contributed by atoms with E-state index in [1.807, 2.05) is 12.1 Å². The van der Waals surface area contributed by atoms with Crippen molar-refractivity contribution in [3.05, 3.63) is 29.3 Å². The fourth-order valence-corrected chi connectivity index (χ4v) is 1.87. The number of hydrogen-bond acceptors (Lipinski definition) is 2. The fourth-order valence-electron chi connectivity index (χ4n) is 1.66. The van der Waals surface area contributed by atoms with Gasteiger partial charge in [-0.15, -0.1) is 0 Å². The Bertz CT molecular complexity index is 488. The Labute approximate surface area is 106 Å². The molecule has 1 aromatic carbocycles. The topological polar surface area (TPSA) is 32.7 Å². The molecule has 17 heavy (non-hydrogen) atoms. The Kier molecular flexibility index (Phi) is 2.96. The summed E-state index contributed by atoms with van der Waals surface area (Å²) in [6.45, 7) is 6.15. The van der Waals surface area contributed by atoms with Crippen LogP contribution in [0.4, 0.5) is 5.69 Å². The van der Waals surface area contributed by atoms with Gasteiger partial charge in [0.25, 0.3) is 5.91 Å². The van der Waals surface area contributed by atoms with Gasteiger partial charge < -0.3 is 0 Å². The van der Waals surface area contributed by atoms with E-state index in [1.165, 1.54) is 5.01 Å². The summed E-state index contributed by atoms with van der Waals surface area (Å²) in [5.41, 5.74) is 1.45. The van der Waals surface area contributed by atoms with Gasteiger partial charge >= 0.3 is 0 Å². The molecule has 1 heterocycles. The molecule has 0 saturated heterocycles. The second-order valence-corrected chi connectivity index (χ2v) is 5.54. The van der Waals surface area contributed by atoms with Crippen molar-refractivity contribution in [2.45, 2.75) is 27.2 Å². The summed E-state index contributed by atoms with van der Waals surface area (Å²) < 4.78 is 0. The zero-order valence-electron chi connectivity index (χ0n) is 10.2. The lowest BCUT2D eigenvalue weighted by molar-refractivity contribution is -0.116. The minimum absolute atomic E-state index is 0.0250. The van der Waals surface area contributed by atoms with Crippen LogP contribution in [0.25, 0.3) is 0 Å². The molecule has 4 heteroatoms. The zero-order chi connectivity index (χ0) is 12.6. The molecule has 3 nitrogen and oxygen atoms in total. The summed E-state index contributed by atoms with van der Waals surface area (Å²) in [6.07, 6.45) is 0.370. The Morgan fingerprint density at radius 3 is 2.47 bits per heavy atom. The molecular weight excluding hydrogens is 236 g/mol. The molecule has 0 unspecified atom stereocenters. The first kappa shape index (κ1) is 12.1. The number of amides is 1. The highest BCUT2D eigenvalue weighted by Crippen LogP contribution is 2.31. The van der Waals surface area contributed by atoms with Crippen molar-refractivity contribution in [1.82, 2.24) is 0 Å². The normalized spacial score (nSPS) is 16.4. The predicted octanol–water partition coefficient (Wildman–Crippen LogP) is 3.48. The molecule has 1 aromatic rings. The summed E-state index contributed by atoms with van der Waals surface area (Å²) in [7, 11) is 0. The summed E-state index contributed by atoms with van der Waals surface area (Å²) >= 11 is 6.07. The van der Waals surface area contributed by atoms with Crippen molar-refractivity contribution in [1.29, 1.82) is 0 Å². The molecule has 0 spiro atoms. The average Bonchev–Trinajstić information content (AvgIpc) is 2.61. The third-order valence-corrected chi connectivity index (χ3v) is 3.04. The van der Waals surface area contributed by atoms with Crippen LogP contribution in [0.15, 0.2) is 29.4 Å². The molecule has 90 valence electrons. The maximum Gasteiger partial charge on any atom is 0.253 e. The van der Waals surface area contributed by atoms with Gasteiger partial charge in [-0.25, -0.2) is 0 Å². The van der Waals surface area contributed by atoms with E-state index in [2.05, 4.69) is 25.9 Å². The molecule has 0 saturated carbocycles. The van der Waals surface area contributed by atoms with Crippen molar-refractivity contribution >= 4 is 28.9 Å². The number of rotatable bonds is 1. The van der Waals surface area contributed by atoms with Gasteiger partial charge in [0.2, 0.25) is 0 Å². The number of para-hydroxylation sites is 1. The highest BCUT2D eigenvalue weighted by atomic mass is 35.5. The van der Waals surface area contributed by atoms with Crippen LogP contribution in [0.5, 0.6) is 0 Å². The van der Waals surface area contributed by atoms with Gasteiger partial charge in [-0.1, -0.05) is 44.5 Å². The van der Waals surface area contributed by atoms with Crippen LogP contribution in [0.2, 0.25) is 5.02 Å². The maximum absolute atomic E-state index is 11.9. The molecule has 0 aliphatic carbocycles. The molecular formula is C13H15ClN2O. The lowest BCUT2D eigenvalue weighted by atomic mass is 9.88. The van der Waals surface area contributed by atoms with E-state index in [0.717, 1.165) is 5.71 Å². The van der Waals surface area contributed by atoms with E-state index in [0.29, 0.717) is 17.1 Å². The van der Waals surface area contributed by atoms with E-state index in [4.69, 9.17) is 11.6 Å². The van der Waals surface area contributed by atoms with Crippen molar-refractivity contribution < 1.29 is 4.79 Å². The largest absolute Gasteiger partial charge is 0.272 e. The molecule has 1 aliphatic rings. The smallest absolute Gasteiger partial charge is 0.253 e. The molecule has 0 radical (unpaired) electrons. The van der Waals surface area contributed by atoms with E-state index in [-0.39, 0.29) is 11.3 Å². The first-order valence-electron chi connectivity index (χ1n) is 5.55. The quantitative estimate of drug-likeness (QED) is 0.751. The average molecular weight is 251 g/mol. The molecule has 0 aromatic heterocycles. The van der Waals surface area contributed by atoms with Gasteiger partial charge in [0.05, 0.1) is 22.8 Å². The Morgan fingerprint density at radius 1 is 1.29 bits per heavy atom. The number of hydrazone groups is 1. The van der Waals surface area contributed by atoms with Crippen molar-refractivity contribution in [2.24, 2.45) is 10.5 Å². The van der Waals surface area contributed by atoms with E-state index < -0.39 is 0 Å². The number of carbonyl (C=O) groups excluding carboxylic acids is 1. The van der Waals surface area contributed by atoms with Crippen LogP contribution in [0.1, 0.15) is 27.2 Å². The first-order valence-corrected chi connectivity index (χ1v) is 5.93. The molecule has 0 atom stereocenters. The SMILES string of the molecule is CC(C)(C)C1=NN(c2ccccc2Cl)C(=O)C1. The number of anilines is 1. The third-order valence-electron chi connectivity index (χ3n) is 2.72. The van der Waals surface area contributed by atoms with E-state index in [1.54, 1.807) is 12.1 Å². The maximum atomic E-state index is 11.9. The Morgan fingerprint density at radius 2 is 1.94 bits per heavy atom. The summed E-state index contributed by atoms with van der Waals surface area (Å²) in [5.74, 6) is -0.0250. The fraction of sp³-hybridized carbons (Fsp3) is 0.385. The number of halogens is 1. The molecule has 1 amide bonds. The van der Waals surface area contributed by atoms with Crippen LogP contribution >= 0.6 is 11.6 Å². The molecule has 0 fully saturated rings. The van der Waals surface area contributed by atoms with Gasteiger partial charge in [0, 0.05) is 5.41 Å². The van der Waals surface area contributed by atoms with Gasteiger partial charge in [0.15, 0.2) is 0 Å². The van der Waals surface area contributed by atoms with Crippen molar-refractivity contribution in [3.8, 4) is 0 Å². The molecule has 0 bridgehead atoms. The lowest BCUT2D eigenvalue weighted by Gasteiger charge is -2.16. The van der Waals surface area contributed by atoms with Crippen LogP contribution in [-0.4, -0.2) is 11.6 Å². The summed E-state index contributed by atoms with van der Waals surface area (Å²) in [5, 5.41) is 6.33. The Hall–Kier alpha value is -1.35. The first-order chi connectivity index (χ1) is 7.89. The second kappa shape index (κ2) is 4.15. The van der Waals surface area contributed by atoms with E-state index in [9.17, 15) is 4.79 Å². The summed E-state index contributed by atoms with van der Waals surface area (Å²) in [4.78, 5) is 11.9. The molecule has 2 rings (SSSR count). The molecule has 1 aliphatic heterocycles. The predicted molar refractivity (Wildman–Crippen MR) is 70.4 cm³/mol. The monoisotopic (exact) mass is 250 g/mol. The summed E-state index contributed by atoms with van der Waals surface area (Å²) in [6, 6.07) is 7.24. The van der Waals surface area contributed by atoms with Gasteiger partial charge in [-0.3, -0.25) is 4.79 Å². The van der Waals surface area contributed by atoms with Crippen LogP contribution in [-0.2, 0) is 4.79 Å². The van der Waals surface area contributed by atoms with E-state index >= 15 is 0 Å². The zero-order valence-corrected chi connectivity index (χ0v) is 11.0. The van der Waals surface area contributed by atoms with Crippen molar-refractivity contribution in [3.63, 3.8) is 0 Å². The lowest BCUT2D eigenvalue weighted by Crippen LogP contribution is -2.20. The van der Waals surface area contributed by atoms with Crippen LogP contribution in [0.3, 0.4) is 0 Å². The highest BCUT2D eigenvalue weighted by Gasteiger charge is 2.32. The standard InChI is InChI=1S/C13H15ClN2O/c1-13(2,3)11-8-12(17)16(15-11)10-7-5-4-6-9(10)14/h4-7H,8H2,1-3H3. The minimum Gasteiger partial charge on any atom is -0.272 e. The van der Waals surface area contributed by atoms with Gasteiger partial charge in [-0.05, 0) is 12.1 Å². The van der Waals surface area contributed by atoms with Gasteiger partial charge in [-0.2, -0.15) is 10.1 Å². The number of nitrogens with zero attached hydrogens (tertiary/aromatic N) is 2. The number of carbonyl (C=O) groups is 1. The van der Waals surface area contributed by atoms with Gasteiger partial charge in [0.1, 0.15) is 0 Å². The molecule has 0 N–H and O–H groups in total. The Balaban J connectivity index is 2.38. The third kappa shape index (κ3) is 2.34. The minimum atomic E-state index is -0.0916. The van der Waals surface area contributed by atoms with Crippen molar-refractivity contribution in [2.75, 3.05) is 5.01 Å². The number of benzene rings is 1.